The average Bonchev–Trinajstić information content (AvgIpc) is 3.15. The number of carbonyl (C=O) groups is 2. The number of benzene rings is 1. The van der Waals surface area contributed by atoms with E-state index in [0.717, 1.165) is 41.7 Å². The number of rotatable bonds is 6. The maximum Gasteiger partial charge on any atom is 0.246 e. The molecule has 0 atom stereocenters. The molecule has 0 saturated carbocycles. The molecule has 0 bridgehead atoms. The molecule has 1 heterocycles. The Hall–Kier alpha value is -1.36. The molecule has 1 saturated heterocycles. The summed E-state index contributed by atoms with van der Waals surface area (Å²) in [6.45, 7) is 6.31. The van der Waals surface area contributed by atoms with Crippen LogP contribution in [-0.4, -0.2) is 55.4 Å². The van der Waals surface area contributed by atoms with Gasteiger partial charge in [-0.05, 0) is 44.4 Å². The second-order valence-corrected chi connectivity index (χ2v) is 7.06. The van der Waals surface area contributed by atoms with Gasteiger partial charge in [-0.3, -0.25) is 9.59 Å². The van der Waals surface area contributed by atoms with E-state index in [1.54, 1.807) is 0 Å². The predicted octanol–water partition coefficient (Wildman–Crippen LogP) is 2.49. The largest absolute Gasteiger partial charge is 0.357 e. The lowest BCUT2D eigenvalue weighted by atomic mass is 10.2. The van der Waals surface area contributed by atoms with Crippen molar-refractivity contribution in [1.82, 2.24) is 15.5 Å². The van der Waals surface area contributed by atoms with Crippen LogP contribution in [0.1, 0.15) is 25.3 Å². The molecule has 1 aliphatic heterocycles. The fourth-order valence-corrected chi connectivity index (χ4v) is 3.01. The minimum absolute atomic E-state index is 0. The van der Waals surface area contributed by atoms with E-state index in [9.17, 15) is 9.59 Å². The van der Waals surface area contributed by atoms with Gasteiger partial charge in [0.1, 0.15) is 6.54 Å². The molecule has 1 aromatic carbocycles. The van der Waals surface area contributed by atoms with Crippen LogP contribution in [0.3, 0.4) is 0 Å². The highest BCUT2D eigenvalue weighted by Crippen LogP contribution is 2.20. The second kappa shape index (κ2) is 12.2. The van der Waals surface area contributed by atoms with Crippen molar-refractivity contribution in [3.05, 3.63) is 28.2 Å². The minimum atomic E-state index is -0.214. The summed E-state index contributed by atoms with van der Waals surface area (Å²) in [7, 11) is 0. The summed E-state index contributed by atoms with van der Waals surface area (Å²) in [5.74, 6) is 0.303. The number of carbonyl (C=O) groups excluding carboxylic acids is 2. The van der Waals surface area contributed by atoms with E-state index in [1.165, 1.54) is 0 Å². The number of hydrogen-bond donors (Lipinski definition) is 3. The first-order chi connectivity index (χ1) is 12.5. The molecule has 1 aromatic rings. The van der Waals surface area contributed by atoms with E-state index < -0.39 is 0 Å². The summed E-state index contributed by atoms with van der Waals surface area (Å²) in [6, 6.07) is 5.71. The molecular weight excluding hydrogens is 525 g/mol. The van der Waals surface area contributed by atoms with E-state index in [2.05, 4.69) is 36.9 Å². The Morgan fingerprint density at radius 3 is 2.59 bits per heavy atom. The van der Waals surface area contributed by atoms with Crippen LogP contribution in [0.4, 0.5) is 5.69 Å². The van der Waals surface area contributed by atoms with E-state index in [1.807, 2.05) is 36.9 Å². The van der Waals surface area contributed by atoms with Crippen molar-refractivity contribution in [2.45, 2.75) is 26.7 Å². The van der Waals surface area contributed by atoms with Gasteiger partial charge in [-0.1, -0.05) is 22.0 Å². The Balaban J connectivity index is 0.00000364. The maximum atomic E-state index is 12.2. The number of aliphatic imine (C=N–C) groups is 1. The van der Waals surface area contributed by atoms with E-state index in [4.69, 9.17) is 0 Å². The van der Waals surface area contributed by atoms with Crippen LogP contribution in [0, 0.1) is 6.92 Å². The Morgan fingerprint density at radius 1 is 1.22 bits per heavy atom. The Labute approximate surface area is 185 Å². The van der Waals surface area contributed by atoms with Crippen molar-refractivity contribution in [1.29, 1.82) is 0 Å². The molecule has 9 heteroatoms. The molecule has 0 spiro atoms. The first-order valence-corrected chi connectivity index (χ1v) is 9.65. The Morgan fingerprint density at radius 2 is 1.93 bits per heavy atom. The number of guanidine groups is 1. The fourth-order valence-electron chi connectivity index (χ4n) is 2.65. The first kappa shape index (κ1) is 23.7. The van der Waals surface area contributed by atoms with Crippen LogP contribution in [0.5, 0.6) is 0 Å². The van der Waals surface area contributed by atoms with Gasteiger partial charge in [0.2, 0.25) is 11.8 Å². The lowest BCUT2D eigenvalue weighted by Crippen LogP contribution is -2.44. The van der Waals surface area contributed by atoms with Crippen LogP contribution in [0.2, 0.25) is 0 Å². The molecule has 27 heavy (non-hydrogen) atoms. The SMILES string of the molecule is CCNC(=NCC(=O)Nc1cc(Br)ccc1C)NCC(=O)N1CCCC1.I. The first-order valence-electron chi connectivity index (χ1n) is 8.85. The van der Waals surface area contributed by atoms with Crippen molar-refractivity contribution < 1.29 is 9.59 Å². The monoisotopic (exact) mass is 551 g/mol. The molecule has 150 valence electrons. The summed E-state index contributed by atoms with van der Waals surface area (Å²) in [5.41, 5.74) is 1.73. The van der Waals surface area contributed by atoms with E-state index in [-0.39, 0.29) is 48.9 Å². The summed E-state index contributed by atoms with van der Waals surface area (Å²) in [6.07, 6.45) is 2.13. The molecular formula is C18H27BrIN5O2. The molecule has 0 unspecified atom stereocenters. The van der Waals surface area contributed by atoms with Gasteiger partial charge in [0.15, 0.2) is 5.96 Å². The summed E-state index contributed by atoms with van der Waals surface area (Å²) < 4.78 is 0.900. The highest BCUT2D eigenvalue weighted by molar-refractivity contribution is 14.0. The van der Waals surface area contributed by atoms with Gasteiger partial charge in [0.25, 0.3) is 0 Å². The molecule has 2 rings (SSSR count). The minimum Gasteiger partial charge on any atom is -0.357 e. The summed E-state index contributed by atoms with van der Waals surface area (Å²) in [5, 5.41) is 8.90. The molecule has 0 aromatic heterocycles. The number of aryl methyl sites for hydroxylation is 1. The number of likely N-dealkylation sites (tertiary alicyclic amines) is 1. The van der Waals surface area contributed by atoms with E-state index in [0.29, 0.717) is 12.5 Å². The van der Waals surface area contributed by atoms with E-state index >= 15 is 0 Å². The molecule has 3 N–H and O–H groups in total. The van der Waals surface area contributed by atoms with Crippen molar-refractivity contribution in [2.75, 3.05) is 38.0 Å². The maximum absolute atomic E-state index is 12.2. The van der Waals surface area contributed by atoms with Gasteiger partial charge in [0.05, 0.1) is 6.54 Å². The topological polar surface area (TPSA) is 85.8 Å². The number of anilines is 1. The zero-order valence-corrected chi connectivity index (χ0v) is 19.6. The molecule has 1 fully saturated rings. The van der Waals surface area contributed by atoms with Gasteiger partial charge in [0, 0.05) is 29.8 Å². The third kappa shape index (κ3) is 8.04. The highest BCUT2D eigenvalue weighted by atomic mass is 127. The van der Waals surface area contributed by atoms with Crippen LogP contribution >= 0.6 is 39.9 Å². The average molecular weight is 552 g/mol. The second-order valence-electron chi connectivity index (χ2n) is 6.14. The van der Waals surface area contributed by atoms with Crippen LogP contribution < -0.4 is 16.0 Å². The number of nitrogens with one attached hydrogen (secondary N) is 3. The number of halogens is 2. The molecule has 7 nitrogen and oxygen atoms in total. The number of hydrogen-bond acceptors (Lipinski definition) is 3. The van der Waals surface area contributed by atoms with Crippen molar-refractivity contribution >= 4 is 63.4 Å². The van der Waals surface area contributed by atoms with Gasteiger partial charge in [-0.2, -0.15) is 0 Å². The third-order valence-corrected chi connectivity index (χ3v) is 4.56. The molecule has 1 aliphatic rings. The van der Waals surface area contributed by atoms with Gasteiger partial charge < -0.3 is 20.9 Å². The van der Waals surface area contributed by atoms with Gasteiger partial charge in [-0.15, -0.1) is 24.0 Å². The van der Waals surface area contributed by atoms with Gasteiger partial charge >= 0.3 is 0 Å². The molecule has 2 amide bonds. The molecule has 0 aliphatic carbocycles. The summed E-state index contributed by atoms with van der Waals surface area (Å²) in [4.78, 5) is 30.4. The Kier molecular flexibility index (Phi) is 10.7. The predicted molar refractivity (Wildman–Crippen MR) is 123 cm³/mol. The third-order valence-electron chi connectivity index (χ3n) is 4.06. The Bertz CT molecular complexity index is 678. The normalized spacial score (nSPS) is 13.7. The van der Waals surface area contributed by atoms with Crippen molar-refractivity contribution in [3.63, 3.8) is 0 Å². The van der Waals surface area contributed by atoms with Crippen molar-refractivity contribution in [3.8, 4) is 0 Å². The molecule has 0 radical (unpaired) electrons. The van der Waals surface area contributed by atoms with Crippen LogP contribution in [-0.2, 0) is 9.59 Å². The van der Waals surface area contributed by atoms with Crippen molar-refractivity contribution in [2.24, 2.45) is 4.99 Å². The lowest BCUT2D eigenvalue weighted by molar-refractivity contribution is -0.128. The fraction of sp³-hybridized carbons (Fsp3) is 0.500. The number of nitrogens with zero attached hydrogens (tertiary/aromatic N) is 2. The number of amides is 2. The zero-order valence-electron chi connectivity index (χ0n) is 15.7. The smallest absolute Gasteiger partial charge is 0.246 e. The standard InChI is InChI=1S/C18H26BrN5O2.HI/c1-3-20-18(22-12-17(26)24-8-4-5-9-24)21-11-16(25)23-15-10-14(19)7-6-13(15)2;/h6-7,10H,3-5,8-9,11-12H2,1-2H3,(H,23,25)(H2,20,21,22);1H. The quantitative estimate of drug-likeness (QED) is 0.288. The van der Waals surface area contributed by atoms with Crippen LogP contribution in [0.15, 0.2) is 27.7 Å². The van der Waals surface area contributed by atoms with Gasteiger partial charge in [-0.25, -0.2) is 4.99 Å². The highest BCUT2D eigenvalue weighted by Gasteiger charge is 2.17. The van der Waals surface area contributed by atoms with Crippen LogP contribution in [0.25, 0.3) is 0 Å². The lowest BCUT2D eigenvalue weighted by Gasteiger charge is -2.17. The zero-order chi connectivity index (χ0) is 18.9. The summed E-state index contributed by atoms with van der Waals surface area (Å²) >= 11 is 3.40.